The highest BCUT2D eigenvalue weighted by molar-refractivity contribution is 4.87. The van der Waals surface area contributed by atoms with Crippen molar-refractivity contribution < 1.29 is 5.11 Å². The minimum absolute atomic E-state index is 0.103. The van der Waals surface area contributed by atoms with Gasteiger partial charge in [0.1, 0.15) is 6.33 Å². The third kappa shape index (κ3) is 3.43. The molecular formula is C9H18N4O. The number of nitrogens with two attached hydrogens (primary N) is 1. The number of hydrogen-bond donors (Lipinski definition) is 2. The lowest BCUT2D eigenvalue weighted by atomic mass is 10.2. The summed E-state index contributed by atoms with van der Waals surface area (Å²) >= 11 is 0. The van der Waals surface area contributed by atoms with E-state index in [9.17, 15) is 0 Å². The first-order chi connectivity index (χ1) is 6.74. The maximum Gasteiger partial charge on any atom is 0.166 e. The molecule has 0 aliphatic heterocycles. The zero-order valence-corrected chi connectivity index (χ0v) is 8.56. The fourth-order valence-electron chi connectivity index (χ4n) is 1.19. The van der Waals surface area contributed by atoms with Gasteiger partial charge in [0.2, 0.25) is 0 Å². The molecule has 1 atom stereocenters. The predicted molar refractivity (Wildman–Crippen MR) is 53.6 cm³/mol. The number of aliphatic hydroxyl groups is 1. The van der Waals surface area contributed by atoms with Gasteiger partial charge >= 0.3 is 0 Å². The summed E-state index contributed by atoms with van der Waals surface area (Å²) in [7, 11) is 0. The molecule has 80 valence electrons. The van der Waals surface area contributed by atoms with Crippen molar-refractivity contribution in [3.05, 3.63) is 12.2 Å². The number of unbranched alkanes of at least 4 members (excludes halogenated alkanes) is 2. The van der Waals surface area contributed by atoms with Gasteiger partial charge in [-0.2, -0.15) is 5.10 Å². The normalized spacial score (nSPS) is 13.1. The third-order valence-corrected chi connectivity index (χ3v) is 2.01. The molecule has 0 aliphatic carbocycles. The van der Waals surface area contributed by atoms with Crippen LogP contribution in [-0.2, 0) is 6.54 Å². The highest BCUT2D eigenvalue weighted by Gasteiger charge is 2.04. The van der Waals surface area contributed by atoms with Crippen LogP contribution in [0.5, 0.6) is 0 Å². The van der Waals surface area contributed by atoms with Gasteiger partial charge in [-0.25, -0.2) is 4.98 Å². The number of aliphatic hydroxyl groups excluding tert-OH is 1. The van der Waals surface area contributed by atoms with Gasteiger partial charge in [-0.3, -0.25) is 4.68 Å². The molecule has 0 aromatic carbocycles. The molecule has 1 aromatic rings. The molecular weight excluding hydrogens is 180 g/mol. The van der Waals surface area contributed by atoms with Gasteiger partial charge in [0.25, 0.3) is 0 Å². The van der Waals surface area contributed by atoms with Crippen molar-refractivity contribution in [2.75, 3.05) is 6.61 Å². The van der Waals surface area contributed by atoms with Crippen LogP contribution >= 0.6 is 0 Å². The highest BCUT2D eigenvalue weighted by Crippen LogP contribution is 2.02. The number of hydrogen-bond acceptors (Lipinski definition) is 4. The van der Waals surface area contributed by atoms with Crippen LogP contribution in [-0.4, -0.2) is 26.5 Å². The van der Waals surface area contributed by atoms with Crippen LogP contribution in [0.25, 0.3) is 0 Å². The topological polar surface area (TPSA) is 77.0 Å². The Morgan fingerprint density at radius 2 is 2.29 bits per heavy atom. The first-order valence-corrected chi connectivity index (χ1v) is 5.00. The molecule has 5 heteroatoms. The Kier molecular flexibility index (Phi) is 4.55. The van der Waals surface area contributed by atoms with Gasteiger partial charge in [0, 0.05) is 13.2 Å². The quantitative estimate of drug-likeness (QED) is 0.651. The van der Waals surface area contributed by atoms with Gasteiger partial charge in [-0.15, -0.1) is 0 Å². The SMILES string of the molecule is CC(N)c1ncn(CCCCCO)n1. The number of aryl methyl sites for hydroxylation is 1. The van der Waals surface area contributed by atoms with Crippen LogP contribution in [0.4, 0.5) is 0 Å². The smallest absolute Gasteiger partial charge is 0.166 e. The second-order valence-electron chi connectivity index (χ2n) is 3.44. The molecule has 0 radical (unpaired) electrons. The predicted octanol–water partition coefficient (Wildman–Crippen LogP) is 0.460. The van der Waals surface area contributed by atoms with Crippen molar-refractivity contribution in [2.24, 2.45) is 5.73 Å². The third-order valence-electron chi connectivity index (χ3n) is 2.01. The number of rotatable bonds is 6. The van der Waals surface area contributed by atoms with Crippen molar-refractivity contribution in [3.8, 4) is 0 Å². The van der Waals surface area contributed by atoms with Crippen molar-refractivity contribution >= 4 is 0 Å². The van der Waals surface area contributed by atoms with Gasteiger partial charge in [0.15, 0.2) is 5.82 Å². The molecule has 0 fully saturated rings. The van der Waals surface area contributed by atoms with E-state index < -0.39 is 0 Å². The number of aromatic nitrogens is 3. The Morgan fingerprint density at radius 3 is 2.86 bits per heavy atom. The van der Waals surface area contributed by atoms with Gasteiger partial charge in [-0.1, -0.05) is 0 Å². The van der Waals surface area contributed by atoms with Crippen molar-refractivity contribution in [1.82, 2.24) is 14.8 Å². The Labute approximate surface area is 83.9 Å². The van der Waals surface area contributed by atoms with Crippen molar-refractivity contribution in [3.63, 3.8) is 0 Å². The molecule has 0 bridgehead atoms. The van der Waals surface area contributed by atoms with Crippen LogP contribution in [0.15, 0.2) is 6.33 Å². The summed E-state index contributed by atoms with van der Waals surface area (Å²) in [5, 5.41) is 12.8. The lowest BCUT2D eigenvalue weighted by Crippen LogP contribution is -2.08. The molecule has 1 rings (SSSR count). The zero-order chi connectivity index (χ0) is 10.4. The molecule has 14 heavy (non-hydrogen) atoms. The molecule has 3 N–H and O–H groups in total. The minimum Gasteiger partial charge on any atom is -0.396 e. The van der Waals surface area contributed by atoms with Crippen molar-refractivity contribution in [1.29, 1.82) is 0 Å². The Morgan fingerprint density at radius 1 is 1.50 bits per heavy atom. The lowest BCUT2D eigenvalue weighted by molar-refractivity contribution is 0.281. The van der Waals surface area contributed by atoms with Gasteiger partial charge in [-0.05, 0) is 26.2 Å². The molecule has 1 aromatic heterocycles. The summed E-state index contributed by atoms with van der Waals surface area (Å²) in [5.74, 6) is 0.687. The maximum absolute atomic E-state index is 8.59. The second-order valence-corrected chi connectivity index (χ2v) is 3.44. The van der Waals surface area contributed by atoms with Crippen LogP contribution < -0.4 is 5.73 Å². The molecule has 5 nitrogen and oxygen atoms in total. The maximum atomic E-state index is 8.59. The van der Waals surface area contributed by atoms with E-state index in [1.165, 1.54) is 0 Å². The Bertz CT molecular complexity index is 259. The summed E-state index contributed by atoms with van der Waals surface area (Å²) in [6.07, 6.45) is 4.60. The van der Waals surface area contributed by atoms with E-state index in [2.05, 4.69) is 10.1 Å². The van der Waals surface area contributed by atoms with Crippen LogP contribution in [0.3, 0.4) is 0 Å². The van der Waals surface area contributed by atoms with E-state index >= 15 is 0 Å². The van der Waals surface area contributed by atoms with E-state index in [4.69, 9.17) is 10.8 Å². The molecule has 0 spiro atoms. The molecule has 0 amide bonds. The molecule has 0 aliphatic rings. The highest BCUT2D eigenvalue weighted by atomic mass is 16.2. The first kappa shape index (κ1) is 11.1. The Balaban J connectivity index is 2.29. The summed E-state index contributed by atoms with van der Waals surface area (Å²) in [5.41, 5.74) is 5.63. The second kappa shape index (κ2) is 5.72. The fraction of sp³-hybridized carbons (Fsp3) is 0.778. The van der Waals surface area contributed by atoms with Crippen LogP contribution in [0.2, 0.25) is 0 Å². The first-order valence-electron chi connectivity index (χ1n) is 5.00. The summed E-state index contributed by atoms with van der Waals surface area (Å²) < 4.78 is 1.80. The summed E-state index contributed by atoms with van der Waals surface area (Å²) in [4.78, 5) is 4.09. The summed E-state index contributed by atoms with van der Waals surface area (Å²) in [6, 6.07) is -0.103. The molecule has 0 saturated heterocycles. The molecule has 1 unspecified atom stereocenters. The minimum atomic E-state index is -0.103. The van der Waals surface area contributed by atoms with E-state index in [1.807, 2.05) is 6.92 Å². The van der Waals surface area contributed by atoms with Crippen molar-refractivity contribution in [2.45, 2.75) is 38.8 Å². The van der Waals surface area contributed by atoms with E-state index in [0.29, 0.717) is 5.82 Å². The average molecular weight is 198 g/mol. The fourth-order valence-corrected chi connectivity index (χ4v) is 1.19. The molecule has 1 heterocycles. The number of nitrogens with zero attached hydrogens (tertiary/aromatic N) is 3. The largest absolute Gasteiger partial charge is 0.396 e. The van der Waals surface area contributed by atoms with Crippen LogP contribution in [0.1, 0.15) is 38.1 Å². The van der Waals surface area contributed by atoms with Gasteiger partial charge in [0.05, 0.1) is 6.04 Å². The standard InChI is InChI=1S/C9H18N4O/c1-8(10)9-11-7-13(12-9)5-3-2-4-6-14/h7-8,14H,2-6,10H2,1H3. The average Bonchev–Trinajstić information content (AvgIpc) is 2.61. The van der Waals surface area contributed by atoms with E-state index in [-0.39, 0.29) is 12.6 Å². The zero-order valence-electron chi connectivity index (χ0n) is 8.56. The Hall–Kier alpha value is -0.940. The molecule has 0 saturated carbocycles. The summed E-state index contributed by atoms with van der Waals surface area (Å²) in [6.45, 7) is 2.98. The van der Waals surface area contributed by atoms with E-state index in [0.717, 1.165) is 25.8 Å². The van der Waals surface area contributed by atoms with E-state index in [1.54, 1.807) is 11.0 Å². The van der Waals surface area contributed by atoms with Gasteiger partial charge < -0.3 is 10.8 Å². The monoisotopic (exact) mass is 198 g/mol. The van der Waals surface area contributed by atoms with Crippen LogP contribution in [0, 0.1) is 0 Å². The lowest BCUT2D eigenvalue weighted by Gasteiger charge is -2.00.